The molecular weight excluding hydrogens is 226 g/mol. The van der Waals surface area contributed by atoms with Gasteiger partial charge in [-0.05, 0) is 33.6 Å². The largest absolute Gasteiger partial charge is 0.250 e. The third-order valence-corrected chi connectivity index (χ3v) is 2.35. The molecule has 0 aliphatic carbocycles. The molecule has 0 aliphatic heterocycles. The molecule has 1 atom stereocenters. The molecule has 0 spiro atoms. The second kappa shape index (κ2) is 3.99. The molecule has 3 heteroatoms. The van der Waals surface area contributed by atoms with E-state index in [1.165, 1.54) is 6.07 Å². The molecule has 1 rings (SSSR count). The Hall–Kier alpha value is -0.440. The van der Waals surface area contributed by atoms with Gasteiger partial charge in [0.15, 0.2) is 0 Å². The maximum Gasteiger partial charge on any atom is 0.137 e. The molecule has 0 nitrogen and oxygen atoms in total. The highest BCUT2D eigenvalue weighted by molar-refractivity contribution is 9.10. The summed E-state index contributed by atoms with van der Waals surface area (Å²) in [5.74, 6) is -0.480. The molecule has 0 heterocycles. The first-order chi connectivity index (χ1) is 5.65. The van der Waals surface area contributed by atoms with Crippen LogP contribution in [-0.2, 0) is 0 Å². The third kappa shape index (κ3) is 2.03. The molecule has 1 aromatic carbocycles. The number of alkyl halides is 1. The molecule has 0 saturated heterocycles. The summed E-state index contributed by atoms with van der Waals surface area (Å²) < 4.78 is 25.3. The highest BCUT2D eigenvalue weighted by Gasteiger charge is 2.06. The Morgan fingerprint density at radius 3 is 2.67 bits per heavy atom. The summed E-state index contributed by atoms with van der Waals surface area (Å²) in [6.45, 7) is 1.34. The summed E-state index contributed by atoms with van der Waals surface area (Å²) in [4.78, 5) is 0. The minimum absolute atomic E-state index is 0.165. The molecule has 1 aromatic rings. The van der Waals surface area contributed by atoms with Crippen molar-refractivity contribution in [2.24, 2.45) is 0 Å². The van der Waals surface area contributed by atoms with Gasteiger partial charge in [0.1, 0.15) is 5.82 Å². The topological polar surface area (TPSA) is 0 Å². The lowest BCUT2D eigenvalue weighted by molar-refractivity contribution is 0.446. The molecule has 0 aliphatic rings. The van der Waals surface area contributed by atoms with Crippen LogP contribution in [0.3, 0.4) is 0 Å². The maximum absolute atomic E-state index is 12.7. The SMILES string of the molecule is CC(CF)c1ccc(F)c(Br)c1. The average molecular weight is 235 g/mol. The summed E-state index contributed by atoms with van der Waals surface area (Å²) in [5.41, 5.74) is 0.811. The van der Waals surface area contributed by atoms with Crippen LogP contribution in [0.5, 0.6) is 0 Å². The Balaban J connectivity index is 2.96. The number of rotatable bonds is 2. The molecule has 66 valence electrons. The first-order valence-corrected chi connectivity index (χ1v) is 4.45. The quantitative estimate of drug-likeness (QED) is 0.733. The van der Waals surface area contributed by atoms with Crippen molar-refractivity contribution < 1.29 is 8.78 Å². The van der Waals surface area contributed by atoms with Gasteiger partial charge in [0.05, 0.1) is 11.1 Å². The van der Waals surface area contributed by atoms with Crippen LogP contribution in [0.2, 0.25) is 0 Å². The molecule has 12 heavy (non-hydrogen) atoms. The fraction of sp³-hybridized carbons (Fsp3) is 0.333. The smallest absolute Gasteiger partial charge is 0.137 e. The van der Waals surface area contributed by atoms with Crippen LogP contribution < -0.4 is 0 Å². The second-order valence-corrected chi connectivity index (χ2v) is 3.58. The van der Waals surface area contributed by atoms with Crippen LogP contribution in [0.1, 0.15) is 18.4 Å². The van der Waals surface area contributed by atoms with E-state index in [4.69, 9.17) is 0 Å². The van der Waals surface area contributed by atoms with Crippen molar-refractivity contribution >= 4 is 15.9 Å². The van der Waals surface area contributed by atoms with Crippen molar-refractivity contribution in [1.29, 1.82) is 0 Å². The molecule has 0 aromatic heterocycles. The Bertz CT molecular complexity index is 273. The highest BCUT2D eigenvalue weighted by atomic mass is 79.9. The van der Waals surface area contributed by atoms with Gasteiger partial charge in [-0.3, -0.25) is 4.39 Å². The van der Waals surface area contributed by atoms with Crippen LogP contribution in [0.25, 0.3) is 0 Å². The summed E-state index contributed by atoms with van der Waals surface area (Å²) in [6, 6.07) is 4.55. The van der Waals surface area contributed by atoms with E-state index in [-0.39, 0.29) is 11.7 Å². The van der Waals surface area contributed by atoms with Gasteiger partial charge in [-0.2, -0.15) is 0 Å². The fourth-order valence-electron chi connectivity index (χ4n) is 0.908. The van der Waals surface area contributed by atoms with Gasteiger partial charge < -0.3 is 0 Å². The second-order valence-electron chi connectivity index (χ2n) is 2.73. The van der Waals surface area contributed by atoms with Crippen molar-refractivity contribution in [3.8, 4) is 0 Å². The maximum atomic E-state index is 12.7. The summed E-state index contributed by atoms with van der Waals surface area (Å²) in [7, 11) is 0. The van der Waals surface area contributed by atoms with Crippen molar-refractivity contribution in [3.63, 3.8) is 0 Å². The number of hydrogen-bond donors (Lipinski definition) is 0. The summed E-state index contributed by atoms with van der Waals surface area (Å²) >= 11 is 3.05. The van der Waals surface area contributed by atoms with Crippen molar-refractivity contribution in [1.82, 2.24) is 0 Å². The van der Waals surface area contributed by atoms with E-state index < -0.39 is 6.67 Å². The van der Waals surface area contributed by atoms with E-state index in [2.05, 4.69) is 15.9 Å². The van der Waals surface area contributed by atoms with E-state index in [1.807, 2.05) is 0 Å². The lowest BCUT2D eigenvalue weighted by Crippen LogP contribution is -1.95. The monoisotopic (exact) mass is 234 g/mol. The van der Waals surface area contributed by atoms with Crippen LogP contribution in [0.4, 0.5) is 8.78 Å². The lowest BCUT2D eigenvalue weighted by Gasteiger charge is -2.07. The van der Waals surface area contributed by atoms with Crippen LogP contribution in [0.15, 0.2) is 22.7 Å². The van der Waals surface area contributed by atoms with Gasteiger partial charge in [-0.1, -0.05) is 13.0 Å². The average Bonchev–Trinajstić information content (AvgIpc) is 2.08. The van der Waals surface area contributed by atoms with Gasteiger partial charge >= 0.3 is 0 Å². The minimum Gasteiger partial charge on any atom is -0.250 e. The first-order valence-electron chi connectivity index (χ1n) is 3.66. The van der Waals surface area contributed by atoms with Crippen LogP contribution >= 0.6 is 15.9 Å². The van der Waals surface area contributed by atoms with E-state index in [0.29, 0.717) is 4.47 Å². The summed E-state index contributed by atoms with van der Waals surface area (Å²) in [5, 5.41) is 0. The Labute approximate surface area is 78.7 Å². The zero-order valence-electron chi connectivity index (χ0n) is 6.65. The Morgan fingerprint density at radius 1 is 1.50 bits per heavy atom. The zero-order valence-corrected chi connectivity index (χ0v) is 8.24. The molecule has 0 bridgehead atoms. The van der Waals surface area contributed by atoms with E-state index >= 15 is 0 Å². The normalized spacial score (nSPS) is 13.0. The van der Waals surface area contributed by atoms with E-state index in [0.717, 1.165) is 5.56 Å². The van der Waals surface area contributed by atoms with Gasteiger partial charge in [0.2, 0.25) is 0 Å². The standard InChI is InChI=1S/C9H9BrF2/c1-6(5-11)7-2-3-9(12)8(10)4-7/h2-4,6H,5H2,1H3. The van der Waals surface area contributed by atoms with Gasteiger partial charge in [-0.15, -0.1) is 0 Å². The molecule has 0 N–H and O–H groups in total. The highest BCUT2D eigenvalue weighted by Crippen LogP contribution is 2.22. The van der Waals surface area contributed by atoms with Crippen molar-refractivity contribution in [2.45, 2.75) is 12.8 Å². The third-order valence-electron chi connectivity index (χ3n) is 1.74. The van der Waals surface area contributed by atoms with Crippen LogP contribution in [0, 0.1) is 5.82 Å². The van der Waals surface area contributed by atoms with Gasteiger partial charge in [0, 0.05) is 5.92 Å². The van der Waals surface area contributed by atoms with Crippen molar-refractivity contribution in [3.05, 3.63) is 34.1 Å². The van der Waals surface area contributed by atoms with Gasteiger partial charge in [0.25, 0.3) is 0 Å². The predicted molar refractivity (Wildman–Crippen MR) is 48.5 cm³/mol. The Kier molecular flexibility index (Phi) is 3.20. The van der Waals surface area contributed by atoms with E-state index in [1.54, 1.807) is 19.1 Å². The summed E-state index contributed by atoms with van der Waals surface area (Å²) in [6.07, 6.45) is 0. The predicted octanol–water partition coefficient (Wildman–Crippen LogP) is 3.66. The first kappa shape index (κ1) is 9.65. The van der Waals surface area contributed by atoms with E-state index in [9.17, 15) is 8.78 Å². The molecule has 0 fully saturated rings. The number of hydrogen-bond acceptors (Lipinski definition) is 0. The fourth-order valence-corrected chi connectivity index (χ4v) is 1.30. The number of halogens is 3. The zero-order chi connectivity index (χ0) is 9.14. The van der Waals surface area contributed by atoms with Crippen LogP contribution in [-0.4, -0.2) is 6.67 Å². The molecule has 1 unspecified atom stereocenters. The van der Waals surface area contributed by atoms with Crippen molar-refractivity contribution in [2.75, 3.05) is 6.67 Å². The lowest BCUT2D eigenvalue weighted by atomic mass is 10.0. The molecular formula is C9H9BrF2. The Morgan fingerprint density at radius 2 is 2.17 bits per heavy atom. The molecule has 0 radical (unpaired) electrons. The molecule has 0 saturated carbocycles. The molecule has 0 amide bonds. The number of benzene rings is 1. The minimum atomic E-state index is -0.419. The van der Waals surface area contributed by atoms with Gasteiger partial charge in [-0.25, -0.2) is 4.39 Å².